The van der Waals surface area contributed by atoms with Gasteiger partial charge in [0.2, 0.25) is 5.88 Å². The molecular formula is C38H38F3N5O4. The highest BCUT2D eigenvalue weighted by Crippen LogP contribution is 2.31. The van der Waals surface area contributed by atoms with Crippen LogP contribution in [0, 0.1) is 0 Å². The van der Waals surface area contributed by atoms with Crippen LogP contribution >= 0.6 is 0 Å². The number of hydrogen-bond donors (Lipinski definition) is 0. The van der Waals surface area contributed by atoms with Gasteiger partial charge in [0, 0.05) is 69.9 Å². The molecule has 1 saturated heterocycles. The summed E-state index contributed by atoms with van der Waals surface area (Å²) >= 11 is 0. The fraction of sp³-hybridized carbons (Fsp3) is 0.289. The van der Waals surface area contributed by atoms with Crippen LogP contribution in [0.25, 0.3) is 10.9 Å². The van der Waals surface area contributed by atoms with Gasteiger partial charge >= 0.3 is 6.18 Å². The largest absolute Gasteiger partial charge is 0.494 e. The van der Waals surface area contributed by atoms with Crippen LogP contribution in [0.2, 0.25) is 0 Å². The van der Waals surface area contributed by atoms with E-state index in [0.29, 0.717) is 36.8 Å². The Morgan fingerprint density at radius 2 is 1.58 bits per heavy atom. The van der Waals surface area contributed by atoms with Crippen molar-refractivity contribution in [1.29, 1.82) is 0 Å². The number of benzene rings is 3. The maximum atomic E-state index is 13.6. The first kappa shape index (κ1) is 34.5. The molecule has 0 aliphatic carbocycles. The number of fused-ring (bicyclic) bond motifs is 1. The molecule has 12 heteroatoms. The molecular weight excluding hydrogens is 647 g/mol. The van der Waals surface area contributed by atoms with Gasteiger partial charge in [-0.3, -0.25) is 14.5 Å². The lowest BCUT2D eigenvalue weighted by Crippen LogP contribution is -2.48. The maximum Gasteiger partial charge on any atom is 0.416 e. The Morgan fingerprint density at radius 3 is 2.22 bits per heavy atom. The molecule has 1 aliphatic heterocycles. The molecule has 0 spiro atoms. The number of aryl methyl sites for hydroxylation is 1. The zero-order chi connectivity index (χ0) is 35.4. The number of carbonyl (C=O) groups excluding carboxylic acids is 2. The van der Waals surface area contributed by atoms with E-state index in [1.54, 1.807) is 18.2 Å². The molecule has 0 N–H and O–H groups in total. The standard InChI is InChI=1S/C38H38F3N5O4/c1-4-21-49-31-13-5-26(6-14-31)25-45-17-19-46(20-18-45)37(48)34-22-28-9-15-32(23-33(28)44(34)3)50-35-16-12-30(24-42-35)43(2)36(47)27-7-10-29(11-8-27)38(39,40)41/h5-16,22-24H,4,17-21,25H2,1-3H3. The molecule has 9 nitrogen and oxygen atoms in total. The summed E-state index contributed by atoms with van der Waals surface area (Å²) in [6.07, 6.45) is -2.05. The Bertz CT molecular complexity index is 1950. The van der Waals surface area contributed by atoms with Crippen molar-refractivity contribution in [2.45, 2.75) is 26.1 Å². The van der Waals surface area contributed by atoms with E-state index < -0.39 is 17.6 Å². The van der Waals surface area contributed by atoms with Crippen molar-refractivity contribution in [1.82, 2.24) is 19.4 Å². The summed E-state index contributed by atoms with van der Waals surface area (Å²) < 4.78 is 52.2. The third-order valence-electron chi connectivity index (χ3n) is 8.79. The van der Waals surface area contributed by atoms with E-state index in [-0.39, 0.29) is 17.4 Å². The van der Waals surface area contributed by atoms with Crippen LogP contribution in [-0.4, -0.2) is 71.0 Å². The smallest absolute Gasteiger partial charge is 0.416 e. The van der Waals surface area contributed by atoms with Crippen LogP contribution in [0.5, 0.6) is 17.4 Å². The molecule has 5 aromatic rings. The highest BCUT2D eigenvalue weighted by Gasteiger charge is 2.30. The summed E-state index contributed by atoms with van der Waals surface area (Å²) in [7, 11) is 3.38. The predicted octanol–water partition coefficient (Wildman–Crippen LogP) is 7.41. The predicted molar refractivity (Wildman–Crippen MR) is 185 cm³/mol. The van der Waals surface area contributed by atoms with Gasteiger partial charge in [-0.05, 0) is 72.6 Å². The van der Waals surface area contributed by atoms with Crippen molar-refractivity contribution in [3.8, 4) is 17.4 Å². The van der Waals surface area contributed by atoms with Gasteiger partial charge in [-0.25, -0.2) is 4.98 Å². The quantitative estimate of drug-likeness (QED) is 0.152. The highest BCUT2D eigenvalue weighted by molar-refractivity contribution is 6.05. The van der Waals surface area contributed by atoms with Gasteiger partial charge in [-0.2, -0.15) is 13.2 Å². The lowest BCUT2D eigenvalue weighted by atomic mass is 10.1. The van der Waals surface area contributed by atoms with E-state index in [1.165, 1.54) is 23.7 Å². The van der Waals surface area contributed by atoms with Crippen molar-refractivity contribution in [2.24, 2.45) is 7.05 Å². The Morgan fingerprint density at radius 1 is 0.880 bits per heavy atom. The van der Waals surface area contributed by atoms with Crippen molar-refractivity contribution >= 4 is 28.4 Å². The van der Waals surface area contributed by atoms with Gasteiger partial charge in [0.15, 0.2) is 0 Å². The Hall–Kier alpha value is -5.36. The first-order chi connectivity index (χ1) is 24.0. The van der Waals surface area contributed by atoms with E-state index in [1.807, 2.05) is 46.8 Å². The normalized spacial score (nSPS) is 13.8. The van der Waals surface area contributed by atoms with Crippen molar-refractivity contribution in [3.63, 3.8) is 0 Å². The molecule has 6 rings (SSSR count). The zero-order valence-electron chi connectivity index (χ0n) is 28.1. The molecule has 0 unspecified atom stereocenters. The third-order valence-corrected chi connectivity index (χ3v) is 8.79. The molecule has 0 bridgehead atoms. The monoisotopic (exact) mass is 685 g/mol. The molecule has 50 heavy (non-hydrogen) atoms. The van der Waals surface area contributed by atoms with Gasteiger partial charge in [0.05, 0.1) is 29.6 Å². The van der Waals surface area contributed by atoms with Crippen molar-refractivity contribution in [2.75, 3.05) is 44.7 Å². The molecule has 2 aromatic heterocycles. The average molecular weight is 686 g/mol. The van der Waals surface area contributed by atoms with Crippen LogP contribution in [-0.2, 0) is 19.8 Å². The summed E-state index contributed by atoms with van der Waals surface area (Å²) in [5, 5.41) is 0.903. The topological polar surface area (TPSA) is 80.1 Å². The van der Waals surface area contributed by atoms with E-state index in [4.69, 9.17) is 9.47 Å². The summed E-state index contributed by atoms with van der Waals surface area (Å²) in [4.78, 5) is 36.3. The minimum absolute atomic E-state index is 0.0181. The maximum absolute atomic E-state index is 13.6. The second-order valence-corrected chi connectivity index (χ2v) is 12.3. The first-order valence-corrected chi connectivity index (χ1v) is 16.4. The van der Waals surface area contributed by atoms with E-state index in [0.717, 1.165) is 67.0 Å². The lowest BCUT2D eigenvalue weighted by molar-refractivity contribution is -0.137. The minimum Gasteiger partial charge on any atom is -0.494 e. The lowest BCUT2D eigenvalue weighted by Gasteiger charge is -2.34. The number of ether oxygens (including phenoxy) is 2. The number of amides is 2. The van der Waals surface area contributed by atoms with Crippen LogP contribution < -0.4 is 14.4 Å². The van der Waals surface area contributed by atoms with Gasteiger partial charge in [-0.15, -0.1) is 0 Å². The molecule has 3 aromatic carbocycles. The Balaban J connectivity index is 1.05. The number of halogens is 3. The molecule has 0 radical (unpaired) electrons. The number of nitrogens with zero attached hydrogens (tertiary/aromatic N) is 5. The summed E-state index contributed by atoms with van der Waals surface area (Å²) in [6, 6.07) is 22.9. The van der Waals surface area contributed by atoms with Crippen LogP contribution in [0.4, 0.5) is 18.9 Å². The third kappa shape index (κ3) is 7.76. The zero-order valence-corrected chi connectivity index (χ0v) is 28.1. The summed E-state index contributed by atoms with van der Waals surface area (Å²) in [5.41, 5.74) is 2.37. The number of rotatable bonds is 10. The van der Waals surface area contributed by atoms with Crippen molar-refractivity contribution in [3.05, 3.63) is 114 Å². The molecule has 0 saturated carbocycles. The number of alkyl halides is 3. The highest BCUT2D eigenvalue weighted by atomic mass is 19.4. The van der Waals surface area contributed by atoms with Gasteiger partial charge < -0.3 is 23.8 Å². The second kappa shape index (κ2) is 14.6. The average Bonchev–Trinajstić information content (AvgIpc) is 3.46. The summed E-state index contributed by atoms with van der Waals surface area (Å²) in [6.45, 7) is 6.46. The molecule has 1 aliphatic rings. The number of hydrogen-bond acceptors (Lipinski definition) is 6. The number of aromatic nitrogens is 2. The van der Waals surface area contributed by atoms with Gasteiger partial charge in [0.25, 0.3) is 11.8 Å². The molecule has 3 heterocycles. The number of piperazine rings is 1. The Kier molecular flexibility index (Phi) is 10.1. The molecule has 260 valence electrons. The molecule has 2 amide bonds. The SMILES string of the molecule is CCCOc1ccc(CN2CCN(C(=O)c3cc4ccc(Oc5ccc(N(C)C(=O)c6ccc(C(F)(F)F)cc6)cn5)cc4n3C)CC2)cc1. The van der Waals surface area contributed by atoms with Gasteiger partial charge in [-0.1, -0.05) is 19.1 Å². The van der Waals surface area contributed by atoms with E-state index in [9.17, 15) is 22.8 Å². The summed E-state index contributed by atoms with van der Waals surface area (Å²) in [5.74, 6) is 1.19. The Labute approximate surface area is 288 Å². The number of pyridine rings is 1. The van der Waals surface area contributed by atoms with Crippen LogP contribution in [0.3, 0.4) is 0 Å². The number of carbonyl (C=O) groups is 2. The fourth-order valence-corrected chi connectivity index (χ4v) is 5.88. The van der Waals surface area contributed by atoms with Crippen LogP contribution in [0.1, 0.15) is 45.3 Å². The number of anilines is 1. The molecule has 0 atom stereocenters. The van der Waals surface area contributed by atoms with Crippen molar-refractivity contribution < 1.29 is 32.2 Å². The molecule has 1 fully saturated rings. The second-order valence-electron chi connectivity index (χ2n) is 12.3. The minimum atomic E-state index is -4.48. The first-order valence-electron chi connectivity index (χ1n) is 16.4. The fourth-order valence-electron chi connectivity index (χ4n) is 5.88. The van der Waals surface area contributed by atoms with E-state index in [2.05, 4.69) is 28.9 Å². The van der Waals surface area contributed by atoms with Gasteiger partial charge in [0.1, 0.15) is 17.2 Å². The van der Waals surface area contributed by atoms with E-state index >= 15 is 0 Å². The van der Waals surface area contributed by atoms with Crippen LogP contribution in [0.15, 0.2) is 91.1 Å².